The van der Waals surface area contributed by atoms with Gasteiger partial charge in [-0.3, -0.25) is 9.79 Å². The van der Waals surface area contributed by atoms with Gasteiger partial charge in [0.05, 0.1) is 6.10 Å². The second kappa shape index (κ2) is 19.3. The molecule has 0 aromatic heterocycles. The number of aliphatic hydroxyl groups excluding tert-OH is 1. The molecule has 0 spiro atoms. The standard InChI is InChI=1S/C33H53N3O6/c1-4-24(17-19-37)12-14-27(39)15-13-25-20-30(32(40)31(21-25)42-28-9-5-6-10-28)29(16-11-23(2)38)26(22-41-3)8-7-18-36-33(34)35/h12,14,20-21,24,26,28-29,37,40H,4-11,13,15-19,22H2,1-3H3,(H4,34,35,36). The van der Waals surface area contributed by atoms with E-state index in [1.807, 2.05) is 25.1 Å². The third kappa shape index (κ3) is 12.5. The molecular weight excluding hydrogens is 534 g/mol. The number of ketones is 2. The second-order valence-corrected chi connectivity index (χ2v) is 11.6. The van der Waals surface area contributed by atoms with Gasteiger partial charge in [0.25, 0.3) is 0 Å². The number of carbonyl (C=O) groups is 2. The van der Waals surface area contributed by atoms with Crippen molar-refractivity contribution in [2.45, 2.75) is 103 Å². The zero-order valence-corrected chi connectivity index (χ0v) is 25.9. The SMILES string of the molecule is CCC(C=CC(=O)CCc1cc(OC2CCCC2)c(O)c(C(CCC(C)=O)C(CCCN=C(N)N)COC)c1)CCO. The number of benzene rings is 1. The first-order valence-corrected chi connectivity index (χ1v) is 15.6. The maximum absolute atomic E-state index is 12.7. The molecule has 1 saturated carbocycles. The van der Waals surface area contributed by atoms with Crippen molar-refractivity contribution in [3.63, 3.8) is 0 Å². The lowest BCUT2D eigenvalue weighted by Gasteiger charge is -2.29. The second-order valence-electron chi connectivity index (χ2n) is 11.6. The van der Waals surface area contributed by atoms with Gasteiger partial charge in [0, 0.05) is 45.3 Å². The molecule has 42 heavy (non-hydrogen) atoms. The fourth-order valence-electron chi connectivity index (χ4n) is 5.77. The van der Waals surface area contributed by atoms with E-state index in [9.17, 15) is 19.8 Å². The van der Waals surface area contributed by atoms with Gasteiger partial charge in [-0.15, -0.1) is 0 Å². The molecule has 3 atom stereocenters. The van der Waals surface area contributed by atoms with E-state index in [-0.39, 0.29) is 53.7 Å². The topological polar surface area (TPSA) is 157 Å². The zero-order valence-electron chi connectivity index (χ0n) is 25.9. The molecule has 1 aliphatic rings. The van der Waals surface area contributed by atoms with Crippen LogP contribution in [-0.4, -0.2) is 60.7 Å². The molecule has 0 heterocycles. The predicted molar refractivity (Wildman–Crippen MR) is 167 cm³/mol. The number of nitrogens with two attached hydrogens (primary N) is 2. The van der Waals surface area contributed by atoms with E-state index in [2.05, 4.69) is 4.99 Å². The third-order valence-corrected chi connectivity index (χ3v) is 8.18. The Morgan fingerprint density at radius 1 is 1.14 bits per heavy atom. The molecule has 6 N–H and O–H groups in total. The molecule has 1 aromatic rings. The summed E-state index contributed by atoms with van der Waals surface area (Å²) >= 11 is 0. The maximum Gasteiger partial charge on any atom is 0.185 e. The number of phenolic OH excluding ortho intramolecular Hbond substituents is 1. The number of aliphatic hydroxyl groups is 1. The number of hydrogen-bond acceptors (Lipinski definition) is 7. The van der Waals surface area contributed by atoms with E-state index < -0.39 is 0 Å². The summed E-state index contributed by atoms with van der Waals surface area (Å²) in [6.45, 7) is 4.65. The van der Waals surface area contributed by atoms with E-state index in [0.29, 0.717) is 51.0 Å². The molecule has 0 aliphatic heterocycles. The van der Waals surface area contributed by atoms with Gasteiger partial charge in [0.2, 0.25) is 0 Å². The molecule has 0 saturated heterocycles. The molecule has 3 unspecified atom stereocenters. The fourth-order valence-corrected chi connectivity index (χ4v) is 5.77. The van der Waals surface area contributed by atoms with Crippen LogP contribution in [0.4, 0.5) is 0 Å². The number of hydrogen-bond donors (Lipinski definition) is 4. The summed E-state index contributed by atoms with van der Waals surface area (Å²) in [5.74, 6) is 0.708. The van der Waals surface area contributed by atoms with Crippen LogP contribution < -0.4 is 16.2 Å². The van der Waals surface area contributed by atoms with Crippen molar-refractivity contribution in [2.24, 2.45) is 28.3 Å². The zero-order chi connectivity index (χ0) is 30.9. The monoisotopic (exact) mass is 587 g/mol. The molecule has 236 valence electrons. The quantitative estimate of drug-likeness (QED) is 0.0681. The van der Waals surface area contributed by atoms with Gasteiger partial charge < -0.3 is 35.9 Å². The van der Waals surface area contributed by atoms with E-state index in [1.54, 1.807) is 20.1 Å². The molecule has 1 aliphatic carbocycles. The largest absolute Gasteiger partial charge is 0.504 e. The van der Waals surface area contributed by atoms with E-state index in [1.165, 1.54) is 0 Å². The Labute approximate surface area is 251 Å². The number of Topliss-reactive ketones (excluding diaryl/α,β-unsaturated/α-hetero) is 1. The van der Waals surface area contributed by atoms with Crippen LogP contribution in [0.5, 0.6) is 11.5 Å². The fraction of sp³-hybridized carbons (Fsp3) is 0.667. The first-order chi connectivity index (χ1) is 20.2. The van der Waals surface area contributed by atoms with Crippen molar-refractivity contribution in [1.82, 2.24) is 0 Å². The number of aliphatic imine (C=N–C) groups is 1. The summed E-state index contributed by atoms with van der Waals surface area (Å²) in [4.78, 5) is 28.9. The number of guanidine groups is 1. The lowest BCUT2D eigenvalue weighted by atomic mass is 9.79. The average molecular weight is 588 g/mol. The summed E-state index contributed by atoms with van der Waals surface area (Å²) in [5, 5.41) is 20.8. The number of carbonyl (C=O) groups excluding carboxylic acids is 2. The number of phenols is 1. The molecule has 0 radical (unpaired) electrons. The number of rotatable bonds is 21. The highest BCUT2D eigenvalue weighted by Crippen LogP contribution is 2.44. The highest BCUT2D eigenvalue weighted by Gasteiger charge is 2.29. The Hall–Kier alpha value is -2.91. The predicted octanol–water partition coefficient (Wildman–Crippen LogP) is 4.95. The van der Waals surface area contributed by atoms with Gasteiger partial charge in [-0.2, -0.15) is 0 Å². The van der Waals surface area contributed by atoms with Crippen LogP contribution in [0.15, 0.2) is 29.3 Å². The number of nitrogens with zero attached hydrogens (tertiary/aromatic N) is 1. The van der Waals surface area contributed by atoms with Gasteiger partial charge in [-0.05, 0) is 107 Å². The van der Waals surface area contributed by atoms with Crippen LogP contribution in [0.1, 0.15) is 102 Å². The summed E-state index contributed by atoms with van der Waals surface area (Å²) in [6.07, 6.45) is 12.4. The Bertz CT molecular complexity index is 1030. The Morgan fingerprint density at radius 2 is 1.88 bits per heavy atom. The van der Waals surface area contributed by atoms with Crippen molar-refractivity contribution >= 4 is 17.5 Å². The van der Waals surface area contributed by atoms with Crippen LogP contribution in [-0.2, 0) is 20.7 Å². The normalized spacial score (nSPS) is 15.9. The third-order valence-electron chi connectivity index (χ3n) is 8.18. The summed E-state index contributed by atoms with van der Waals surface area (Å²) in [7, 11) is 1.65. The summed E-state index contributed by atoms with van der Waals surface area (Å²) in [6, 6.07) is 3.83. The number of methoxy groups -OCH3 is 1. The van der Waals surface area contributed by atoms with Gasteiger partial charge in [0.1, 0.15) is 5.78 Å². The number of allylic oxidation sites excluding steroid dienone is 2. The molecule has 1 fully saturated rings. The van der Waals surface area contributed by atoms with Crippen molar-refractivity contribution in [3.05, 3.63) is 35.4 Å². The molecular formula is C33H53N3O6. The minimum Gasteiger partial charge on any atom is -0.504 e. The number of ether oxygens (including phenoxy) is 2. The van der Waals surface area contributed by atoms with Gasteiger partial charge in [-0.1, -0.05) is 19.1 Å². The molecule has 0 amide bonds. The smallest absolute Gasteiger partial charge is 0.185 e. The maximum atomic E-state index is 12.7. The molecule has 1 aromatic carbocycles. The lowest BCUT2D eigenvalue weighted by molar-refractivity contribution is -0.117. The van der Waals surface area contributed by atoms with Crippen LogP contribution >= 0.6 is 0 Å². The van der Waals surface area contributed by atoms with Crippen LogP contribution in [0.25, 0.3) is 0 Å². The summed E-state index contributed by atoms with van der Waals surface area (Å²) < 4.78 is 11.9. The van der Waals surface area contributed by atoms with Crippen molar-refractivity contribution in [3.8, 4) is 11.5 Å². The Kier molecular flexibility index (Phi) is 16.2. The van der Waals surface area contributed by atoms with Gasteiger partial charge in [-0.25, -0.2) is 0 Å². The highest BCUT2D eigenvalue weighted by molar-refractivity contribution is 5.89. The van der Waals surface area contributed by atoms with Crippen molar-refractivity contribution in [2.75, 3.05) is 26.9 Å². The first-order valence-electron chi connectivity index (χ1n) is 15.6. The number of aromatic hydroxyl groups is 1. The first kappa shape index (κ1) is 35.3. The minimum absolute atomic E-state index is 0.00565. The molecule has 9 heteroatoms. The van der Waals surface area contributed by atoms with Gasteiger partial charge >= 0.3 is 0 Å². The lowest BCUT2D eigenvalue weighted by Crippen LogP contribution is -2.23. The molecule has 0 bridgehead atoms. The van der Waals surface area contributed by atoms with Crippen LogP contribution in [0.2, 0.25) is 0 Å². The minimum atomic E-state index is -0.168. The van der Waals surface area contributed by atoms with Gasteiger partial charge in [0.15, 0.2) is 23.2 Å². The van der Waals surface area contributed by atoms with Crippen LogP contribution in [0, 0.1) is 11.8 Å². The summed E-state index contributed by atoms with van der Waals surface area (Å²) in [5.41, 5.74) is 12.6. The molecule has 2 rings (SSSR count). The highest BCUT2D eigenvalue weighted by atomic mass is 16.5. The van der Waals surface area contributed by atoms with Crippen LogP contribution in [0.3, 0.4) is 0 Å². The Morgan fingerprint density at radius 3 is 2.50 bits per heavy atom. The van der Waals surface area contributed by atoms with E-state index in [4.69, 9.17) is 20.9 Å². The molecule has 9 nitrogen and oxygen atoms in total. The van der Waals surface area contributed by atoms with Crippen molar-refractivity contribution < 1.29 is 29.3 Å². The van der Waals surface area contributed by atoms with E-state index in [0.717, 1.165) is 56.1 Å². The Balaban J connectivity index is 2.41. The van der Waals surface area contributed by atoms with E-state index >= 15 is 0 Å². The van der Waals surface area contributed by atoms with Crippen molar-refractivity contribution in [1.29, 1.82) is 0 Å². The number of aryl methyl sites for hydroxylation is 1. The average Bonchev–Trinajstić information content (AvgIpc) is 3.47.